The molecular weight excluding hydrogens is 282 g/mol. The third kappa shape index (κ3) is 1.69. The van der Waals surface area contributed by atoms with Crippen LogP contribution in [0.1, 0.15) is 6.92 Å². The van der Waals surface area contributed by atoms with Crippen LogP contribution in [0.25, 0.3) is 0 Å². The number of rotatable bonds is 3. The molecule has 1 aromatic carbocycles. The van der Waals surface area contributed by atoms with Crippen molar-refractivity contribution in [1.82, 2.24) is 0 Å². The largest absolute Gasteiger partial charge is 0.466 e. The molecule has 5 nitrogen and oxygen atoms in total. The van der Waals surface area contributed by atoms with Gasteiger partial charge < -0.3 is 14.4 Å². The van der Waals surface area contributed by atoms with Crippen LogP contribution in [0, 0.1) is 11.8 Å². The third-order valence-corrected chi connectivity index (χ3v) is 4.73. The number of fused-ring (bicyclic) bond motifs is 1. The van der Waals surface area contributed by atoms with E-state index in [1.807, 2.05) is 42.5 Å². The molecule has 4 rings (SSSR count). The predicted octanol–water partition coefficient (Wildman–Crippen LogP) is 1.54. The molecule has 1 amide bonds. The van der Waals surface area contributed by atoms with Crippen molar-refractivity contribution >= 4 is 17.6 Å². The van der Waals surface area contributed by atoms with Gasteiger partial charge in [-0.25, -0.2) is 0 Å². The summed E-state index contributed by atoms with van der Waals surface area (Å²) in [6, 6.07) is 9.49. The molecule has 2 bridgehead atoms. The van der Waals surface area contributed by atoms with Crippen LogP contribution in [0.15, 0.2) is 42.5 Å². The van der Waals surface area contributed by atoms with Crippen LogP contribution in [-0.2, 0) is 19.1 Å². The summed E-state index contributed by atoms with van der Waals surface area (Å²) >= 11 is 0. The number of amides is 1. The molecule has 3 aliphatic rings. The van der Waals surface area contributed by atoms with Gasteiger partial charge in [-0.1, -0.05) is 30.4 Å². The molecule has 3 aliphatic heterocycles. The predicted molar refractivity (Wildman–Crippen MR) is 79.2 cm³/mol. The molecular formula is C17H17NO4. The Morgan fingerprint density at radius 3 is 2.91 bits per heavy atom. The second kappa shape index (κ2) is 4.68. The Labute approximate surface area is 128 Å². The highest BCUT2D eigenvalue weighted by Gasteiger charge is 2.67. The van der Waals surface area contributed by atoms with Crippen LogP contribution >= 0.6 is 0 Å². The van der Waals surface area contributed by atoms with Gasteiger partial charge in [0.05, 0.1) is 25.2 Å². The van der Waals surface area contributed by atoms with Crippen LogP contribution in [0.3, 0.4) is 0 Å². The summed E-state index contributed by atoms with van der Waals surface area (Å²) < 4.78 is 11.2. The minimum Gasteiger partial charge on any atom is -0.466 e. The Hall–Kier alpha value is -2.14. The molecule has 114 valence electrons. The van der Waals surface area contributed by atoms with Gasteiger partial charge in [0.25, 0.3) is 0 Å². The van der Waals surface area contributed by atoms with Crippen molar-refractivity contribution in [3.8, 4) is 0 Å². The van der Waals surface area contributed by atoms with Gasteiger partial charge in [0, 0.05) is 5.69 Å². The summed E-state index contributed by atoms with van der Waals surface area (Å²) in [5, 5.41) is 0. The minimum absolute atomic E-state index is 0.0592. The first-order chi connectivity index (χ1) is 10.7. The zero-order valence-corrected chi connectivity index (χ0v) is 12.3. The molecule has 0 aliphatic carbocycles. The monoisotopic (exact) mass is 299 g/mol. The standard InChI is InChI=1S/C17H17NO4/c1-2-21-16(20)13-12-8-9-17(22-12)10-18(15(19)14(13)17)11-6-4-3-5-7-11/h3-9,12-14H,2,10H2,1H3/t12-,13+,14+,17-/m0/s1. The zero-order chi connectivity index (χ0) is 15.3. The maximum Gasteiger partial charge on any atom is 0.312 e. The van der Waals surface area contributed by atoms with Crippen molar-refractivity contribution in [2.24, 2.45) is 11.8 Å². The highest BCUT2D eigenvalue weighted by Crippen LogP contribution is 2.52. The summed E-state index contributed by atoms with van der Waals surface area (Å²) in [4.78, 5) is 26.9. The Morgan fingerprint density at radius 2 is 2.18 bits per heavy atom. The number of ether oxygens (including phenoxy) is 2. The molecule has 0 N–H and O–H groups in total. The van der Waals surface area contributed by atoms with Gasteiger partial charge in [0.2, 0.25) is 5.91 Å². The summed E-state index contributed by atoms with van der Waals surface area (Å²) in [6.07, 6.45) is 3.49. The second-order valence-corrected chi connectivity index (χ2v) is 5.91. The summed E-state index contributed by atoms with van der Waals surface area (Å²) in [5.41, 5.74) is 0.147. The molecule has 0 saturated carbocycles. The molecule has 1 spiro atoms. The van der Waals surface area contributed by atoms with Crippen molar-refractivity contribution in [2.75, 3.05) is 18.1 Å². The Morgan fingerprint density at radius 1 is 1.41 bits per heavy atom. The summed E-state index contributed by atoms with van der Waals surface area (Å²) in [7, 11) is 0. The second-order valence-electron chi connectivity index (χ2n) is 5.91. The van der Waals surface area contributed by atoms with Crippen LogP contribution in [-0.4, -0.2) is 36.7 Å². The van der Waals surface area contributed by atoms with E-state index in [0.29, 0.717) is 13.2 Å². The average molecular weight is 299 g/mol. The van der Waals surface area contributed by atoms with Crippen LogP contribution < -0.4 is 4.90 Å². The van der Waals surface area contributed by atoms with E-state index in [-0.39, 0.29) is 18.0 Å². The first kappa shape index (κ1) is 13.5. The van der Waals surface area contributed by atoms with Gasteiger partial charge in [0.1, 0.15) is 11.5 Å². The first-order valence-corrected chi connectivity index (χ1v) is 7.56. The van der Waals surface area contributed by atoms with Gasteiger partial charge >= 0.3 is 5.97 Å². The minimum atomic E-state index is -0.685. The van der Waals surface area contributed by atoms with E-state index in [9.17, 15) is 9.59 Å². The number of esters is 1. The Balaban J connectivity index is 1.69. The molecule has 2 fully saturated rings. The van der Waals surface area contributed by atoms with E-state index < -0.39 is 17.4 Å². The maximum absolute atomic E-state index is 12.9. The topological polar surface area (TPSA) is 55.8 Å². The molecule has 1 aromatic rings. The number of para-hydroxylation sites is 1. The zero-order valence-electron chi connectivity index (χ0n) is 12.3. The summed E-state index contributed by atoms with van der Waals surface area (Å²) in [6.45, 7) is 2.52. The van der Waals surface area contributed by atoms with E-state index in [1.54, 1.807) is 11.8 Å². The first-order valence-electron chi connectivity index (χ1n) is 7.56. The SMILES string of the molecule is CCOC(=O)[C@@H]1[C@@H]2C=C[C@@]3(CN(c4ccccc4)C(=O)[C@@H]13)O2. The average Bonchev–Trinajstić information content (AvgIpc) is 3.17. The Kier molecular flexibility index (Phi) is 2.87. The highest BCUT2D eigenvalue weighted by molar-refractivity contribution is 6.02. The number of benzene rings is 1. The number of carbonyl (C=O) groups is 2. The normalized spacial score (nSPS) is 35.0. The Bertz CT molecular complexity index is 656. The molecule has 0 aromatic heterocycles. The lowest BCUT2D eigenvalue weighted by Crippen LogP contribution is -2.40. The molecule has 2 saturated heterocycles. The molecule has 4 atom stereocenters. The quantitative estimate of drug-likeness (QED) is 0.627. The van der Waals surface area contributed by atoms with Gasteiger partial charge in [-0.05, 0) is 19.1 Å². The number of nitrogens with zero attached hydrogens (tertiary/aromatic N) is 1. The lowest BCUT2D eigenvalue weighted by molar-refractivity contribution is -0.151. The van der Waals surface area contributed by atoms with E-state index in [0.717, 1.165) is 5.69 Å². The number of hydrogen-bond donors (Lipinski definition) is 0. The fraction of sp³-hybridized carbons (Fsp3) is 0.412. The van der Waals surface area contributed by atoms with Crippen molar-refractivity contribution < 1.29 is 19.1 Å². The summed E-state index contributed by atoms with van der Waals surface area (Å²) in [5.74, 6) is -1.42. The van der Waals surface area contributed by atoms with E-state index in [4.69, 9.17) is 9.47 Å². The fourth-order valence-corrected chi connectivity index (χ4v) is 3.83. The maximum atomic E-state index is 12.9. The lowest BCUT2D eigenvalue weighted by Gasteiger charge is -2.22. The van der Waals surface area contributed by atoms with Gasteiger partial charge in [0.15, 0.2) is 0 Å². The smallest absolute Gasteiger partial charge is 0.312 e. The molecule has 22 heavy (non-hydrogen) atoms. The highest BCUT2D eigenvalue weighted by atomic mass is 16.6. The number of hydrogen-bond acceptors (Lipinski definition) is 4. The van der Waals surface area contributed by atoms with E-state index in [2.05, 4.69) is 0 Å². The fourth-order valence-electron chi connectivity index (χ4n) is 3.83. The molecule has 3 heterocycles. The van der Waals surface area contributed by atoms with Crippen LogP contribution in [0.4, 0.5) is 5.69 Å². The van der Waals surface area contributed by atoms with Crippen LogP contribution in [0.5, 0.6) is 0 Å². The van der Waals surface area contributed by atoms with Crippen molar-refractivity contribution in [2.45, 2.75) is 18.6 Å². The third-order valence-electron chi connectivity index (χ3n) is 4.73. The molecule has 5 heteroatoms. The molecule has 0 radical (unpaired) electrons. The van der Waals surface area contributed by atoms with Crippen LogP contribution in [0.2, 0.25) is 0 Å². The van der Waals surface area contributed by atoms with Crippen molar-refractivity contribution in [3.63, 3.8) is 0 Å². The lowest BCUT2D eigenvalue weighted by atomic mass is 9.77. The van der Waals surface area contributed by atoms with Crippen molar-refractivity contribution in [1.29, 1.82) is 0 Å². The molecule has 0 unspecified atom stereocenters. The van der Waals surface area contributed by atoms with Gasteiger partial charge in [-0.3, -0.25) is 9.59 Å². The number of anilines is 1. The number of carbonyl (C=O) groups excluding carboxylic acids is 2. The van der Waals surface area contributed by atoms with Crippen molar-refractivity contribution in [3.05, 3.63) is 42.5 Å². The van der Waals surface area contributed by atoms with E-state index in [1.165, 1.54) is 0 Å². The van der Waals surface area contributed by atoms with E-state index >= 15 is 0 Å². The van der Waals surface area contributed by atoms with Gasteiger partial charge in [-0.2, -0.15) is 0 Å². The van der Waals surface area contributed by atoms with Gasteiger partial charge in [-0.15, -0.1) is 0 Å².